The van der Waals surface area contributed by atoms with Crippen LogP contribution in [-0.2, 0) is 0 Å². The van der Waals surface area contributed by atoms with Crippen LogP contribution in [0.1, 0.15) is 37.7 Å². The van der Waals surface area contributed by atoms with Crippen LogP contribution in [0.5, 0.6) is 0 Å². The van der Waals surface area contributed by atoms with Gasteiger partial charge in [-0.25, -0.2) is 0 Å². The molecule has 1 aliphatic carbocycles. The van der Waals surface area contributed by atoms with Crippen LogP contribution in [0, 0.1) is 5.92 Å². The Labute approximate surface area is 128 Å². The van der Waals surface area contributed by atoms with Crippen molar-refractivity contribution in [2.24, 2.45) is 11.7 Å². The van der Waals surface area contributed by atoms with Crippen molar-refractivity contribution < 1.29 is 0 Å². The normalized spacial score (nSPS) is 26.3. The molecule has 19 heavy (non-hydrogen) atoms. The van der Waals surface area contributed by atoms with E-state index in [-0.39, 0.29) is 0 Å². The predicted octanol–water partition coefficient (Wildman–Crippen LogP) is 3.85. The van der Waals surface area contributed by atoms with Gasteiger partial charge >= 0.3 is 0 Å². The van der Waals surface area contributed by atoms with Crippen molar-refractivity contribution in [3.8, 4) is 0 Å². The minimum atomic E-state index is 0.502. The van der Waals surface area contributed by atoms with Crippen LogP contribution >= 0.6 is 28.1 Å². The zero-order valence-electron chi connectivity index (χ0n) is 10.9. The van der Waals surface area contributed by atoms with Crippen LogP contribution in [0.2, 0.25) is 0 Å². The number of hydrogen-bond donors (Lipinski definition) is 1. The molecule has 0 amide bonds. The van der Waals surface area contributed by atoms with Gasteiger partial charge in [-0.05, 0) is 49.8 Å². The molecule has 0 radical (unpaired) electrons. The van der Waals surface area contributed by atoms with E-state index in [2.05, 4.69) is 26.9 Å². The van der Waals surface area contributed by atoms with E-state index in [9.17, 15) is 0 Å². The summed E-state index contributed by atoms with van der Waals surface area (Å²) in [6.07, 6.45) is 6.73. The first-order valence-electron chi connectivity index (χ1n) is 7.03. The molecule has 2 atom stereocenters. The van der Waals surface area contributed by atoms with Crippen molar-refractivity contribution in [2.75, 3.05) is 11.4 Å². The lowest BCUT2D eigenvalue weighted by Crippen LogP contribution is -2.43. The van der Waals surface area contributed by atoms with Crippen LogP contribution in [0.4, 0.5) is 5.69 Å². The number of benzene rings is 1. The first-order chi connectivity index (χ1) is 9.16. The van der Waals surface area contributed by atoms with Gasteiger partial charge in [-0.1, -0.05) is 34.6 Å². The highest BCUT2D eigenvalue weighted by atomic mass is 79.9. The van der Waals surface area contributed by atoms with E-state index in [0.717, 1.165) is 22.5 Å². The molecule has 1 aliphatic heterocycles. The summed E-state index contributed by atoms with van der Waals surface area (Å²) in [5, 5.41) is 0. The van der Waals surface area contributed by atoms with Gasteiger partial charge in [0.05, 0.1) is 0 Å². The van der Waals surface area contributed by atoms with Crippen LogP contribution in [-0.4, -0.2) is 17.6 Å². The lowest BCUT2D eigenvalue weighted by Gasteiger charge is -2.40. The number of hydrogen-bond acceptors (Lipinski definition) is 2. The Kier molecular flexibility index (Phi) is 3.81. The summed E-state index contributed by atoms with van der Waals surface area (Å²) in [5.74, 6) is 0.868. The number of thiocarbonyl (C=S) groups is 1. The maximum Gasteiger partial charge on any atom is 0.106 e. The third-order valence-electron chi connectivity index (χ3n) is 4.53. The quantitative estimate of drug-likeness (QED) is 0.830. The molecule has 3 rings (SSSR count). The molecule has 0 bridgehead atoms. The summed E-state index contributed by atoms with van der Waals surface area (Å²) in [6, 6.07) is 6.93. The summed E-state index contributed by atoms with van der Waals surface area (Å²) >= 11 is 8.79. The zero-order valence-corrected chi connectivity index (χ0v) is 13.3. The van der Waals surface area contributed by atoms with Crippen molar-refractivity contribution in [1.82, 2.24) is 0 Å². The molecule has 1 aromatic carbocycles. The van der Waals surface area contributed by atoms with E-state index in [1.54, 1.807) is 0 Å². The van der Waals surface area contributed by atoms with Crippen LogP contribution in [0.25, 0.3) is 0 Å². The van der Waals surface area contributed by atoms with Crippen molar-refractivity contribution in [2.45, 2.75) is 38.1 Å². The SMILES string of the molecule is NC(=S)c1ccc(Br)cc1N1CCCC2CCCC21. The van der Waals surface area contributed by atoms with E-state index < -0.39 is 0 Å². The van der Waals surface area contributed by atoms with E-state index in [0.29, 0.717) is 11.0 Å². The lowest BCUT2D eigenvalue weighted by atomic mass is 9.91. The number of rotatable bonds is 2. The van der Waals surface area contributed by atoms with Crippen molar-refractivity contribution >= 4 is 38.8 Å². The highest BCUT2D eigenvalue weighted by Crippen LogP contribution is 2.40. The molecular formula is C15H19BrN2S. The molecule has 102 valence electrons. The van der Waals surface area contributed by atoms with Gasteiger partial charge in [0, 0.05) is 28.3 Å². The molecule has 1 aromatic rings. The number of piperidine rings is 1. The summed E-state index contributed by atoms with van der Waals surface area (Å²) in [5.41, 5.74) is 8.14. The van der Waals surface area contributed by atoms with Gasteiger partial charge in [-0.15, -0.1) is 0 Å². The van der Waals surface area contributed by atoms with Gasteiger partial charge in [0.1, 0.15) is 4.99 Å². The molecule has 1 saturated heterocycles. The fraction of sp³-hybridized carbons (Fsp3) is 0.533. The average molecular weight is 339 g/mol. The Morgan fingerprint density at radius 3 is 2.84 bits per heavy atom. The second-order valence-electron chi connectivity index (χ2n) is 5.62. The molecule has 2 N–H and O–H groups in total. The van der Waals surface area contributed by atoms with E-state index in [4.69, 9.17) is 18.0 Å². The molecule has 2 fully saturated rings. The third kappa shape index (κ3) is 2.52. The molecule has 2 aliphatic rings. The number of halogens is 1. The van der Waals surface area contributed by atoms with Gasteiger partial charge in [-0.2, -0.15) is 0 Å². The Bertz CT molecular complexity index is 503. The second kappa shape index (κ2) is 5.41. The Morgan fingerprint density at radius 2 is 2.05 bits per heavy atom. The monoisotopic (exact) mass is 338 g/mol. The molecular weight excluding hydrogens is 320 g/mol. The second-order valence-corrected chi connectivity index (χ2v) is 6.98. The topological polar surface area (TPSA) is 29.3 Å². The summed E-state index contributed by atoms with van der Waals surface area (Å²) in [6.45, 7) is 1.13. The molecule has 0 spiro atoms. The summed E-state index contributed by atoms with van der Waals surface area (Å²) in [7, 11) is 0. The molecule has 1 heterocycles. The Balaban J connectivity index is 2.00. The molecule has 4 heteroatoms. The highest BCUT2D eigenvalue weighted by Gasteiger charge is 2.35. The van der Waals surface area contributed by atoms with Crippen molar-refractivity contribution in [3.05, 3.63) is 28.2 Å². The third-order valence-corrected chi connectivity index (χ3v) is 5.24. The largest absolute Gasteiger partial charge is 0.389 e. The van der Waals surface area contributed by atoms with E-state index >= 15 is 0 Å². The molecule has 2 nitrogen and oxygen atoms in total. The van der Waals surface area contributed by atoms with Crippen LogP contribution in [0.15, 0.2) is 22.7 Å². The van der Waals surface area contributed by atoms with E-state index in [1.165, 1.54) is 37.8 Å². The van der Waals surface area contributed by atoms with Gasteiger partial charge in [0.25, 0.3) is 0 Å². The molecule has 2 unspecified atom stereocenters. The minimum Gasteiger partial charge on any atom is -0.389 e. The Morgan fingerprint density at radius 1 is 1.26 bits per heavy atom. The molecule has 1 saturated carbocycles. The van der Waals surface area contributed by atoms with E-state index in [1.807, 2.05) is 12.1 Å². The maximum absolute atomic E-state index is 5.90. The smallest absolute Gasteiger partial charge is 0.106 e. The molecule has 0 aromatic heterocycles. The number of nitrogens with zero attached hydrogens (tertiary/aromatic N) is 1. The summed E-state index contributed by atoms with van der Waals surface area (Å²) in [4.78, 5) is 3.06. The fourth-order valence-corrected chi connectivity index (χ4v) is 4.23. The summed E-state index contributed by atoms with van der Waals surface area (Å²) < 4.78 is 1.10. The average Bonchev–Trinajstić information content (AvgIpc) is 2.86. The van der Waals surface area contributed by atoms with Gasteiger partial charge < -0.3 is 10.6 Å². The highest BCUT2D eigenvalue weighted by molar-refractivity contribution is 9.10. The van der Waals surface area contributed by atoms with Gasteiger partial charge in [-0.3, -0.25) is 0 Å². The van der Waals surface area contributed by atoms with Gasteiger partial charge in [0.2, 0.25) is 0 Å². The Hall–Kier alpha value is -0.610. The van der Waals surface area contributed by atoms with Crippen LogP contribution in [0.3, 0.4) is 0 Å². The first kappa shape index (κ1) is 13.4. The zero-order chi connectivity index (χ0) is 13.4. The minimum absolute atomic E-state index is 0.502. The van der Waals surface area contributed by atoms with Crippen molar-refractivity contribution in [1.29, 1.82) is 0 Å². The fourth-order valence-electron chi connectivity index (χ4n) is 3.70. The van der Waals surface area contributed by atoms with Gasteiger partial charge in [0.15, 0.2) is 0 Å². The number of fused-ring (bicyclic) bond motifs is 1. The first-order valence-corrected chi connectivity index (χ1v) is 8.23. The van der Waals surface area contributed by atoms with Crippen LogP contribution < -0.4 is 10.6 Å². The number of nitrogens with two attached hydrogens (primary N) is 1. The van der Waals surface area contributed by atoms with Crippen molar-refractivity contribution in [3.63, 3.8) is 0 Å². The number of anilines is 1. The standard InChI is InChI=1S/C15H19BrN2S/c16-11-6-7-12(15(17)19)14(9-11)18-8-2-4-10-3-1-5-13(10)18/h6-7,9-10,13H,1-5,8H2,(H2,17,19). The lowest BCUT2D eigenvalue weighted by molar-refractivity contribution is 0.362. The maximum atomic E-state index is 5.90. The predicted molar refractivity (Wildman–Crippen MR) is 87.7 cm³/mol.